The van der Waals surface area contributed by atoms with Crippen molar-refractivity contribution in [1.82, 2.24) is 0 Å². The van der Waals surface area contributed by atoms with Crippen LogP contribution in [0.15, 0.2) is 12.2 Å². The highest BCUT2D eigenvalue weighted by atomic mass is 15.3. The van der Waals surface area contributed by atoms with Crippen molar-refractivity contribution in [2.45, 2.75) is 0 Å². The molecule has 0 aromatic heterocycles. The van der Waals surface area contributed by atoms with Gasteiger partial charge in [-0.05, 0) is 11.8 Å². The molecule has 5 aliphatic rings. The number of quaternary nitrogens is 2. The number of hydrogen-bond acceptors (Lipinski definition) is 0. The normalized spacial score (nSPS) is 54.4. The minimum absolute atomic E-state index is 0.907. The summed E-state index contributed by atoms with van der Waals surface area (Å²) in [5.41, 5.74) is 0. The molecule has 5 rings (SSSR count). The Morgan fingerprint density at radius 1 is 0.611 bits per heavy atom. The second kappa shape index (κ2) is 3.21. The monoisotopic (exact) mass is 248 g/mol. The average molecular weight is 248 g/mol. The molecule has 0 aromatic carbocycles. The van der Waals surface area contributed by atoms with E-state index in [4.69, 9.17) is 0 Å². The Kier molecular flexibility index (Phi) is 2.05. The Morgan fingerprint density at radius 2 is 0.889 bits per heavy atom. The largest absolute Gasteiger partial charge is 0.328 e. The van der Waals surface area contributed by atoms with E-state index in [-0.39, 0.29) is 0 Å². The third-order valence-corrected chi connectivity index (χ3v) is 6.45. The van der Waals surface area contributed by atoms with Crippen molar-refractivity contribution in [2.75, 3.05) is 54.4 Å². The summed E-state index contributed by atoms with van der Waals surface area (Å²) in [4.78, 5) is 0. The molecule has 0 aromatic rings. The lowest BCUT2D eigenvalue weighted by Crippen LogP contribution is -2.47. The summed E-state index contributed by atoms with van der Waals surface area (Å²) >= 11 is 0. The first-order chi connectivity index (χ1) is 8.36. The predicted molar refractivity (Wildman–Crippen MR) is 73.8 cm³/mol. The fourth-order valence-corrected chi connectivity index (χ4v) is 6.06. The highest BCUT2D eigenvalue weighted by Crippen LogP contribution is 2.57. The zero-order valence-electron chi connectivity index (χ0n) is 12.3. The molecule has 2 heteroatoms. The van der Waals surface area contributed by atoms with Crippen LogP contribution in [0.1, 0.15) is 0 Å². The summed E-state index contributed by atoms with van der Waals surface area (Å²) in [5.74, 6) is 5.79. The van der Waals surface area contributed by atoms with Gasteiger partial charge in [-0.15, -0.1) is 0 Å². The maximum Gasteiger partial charge on any atom is 0.0822 e. The molecule has 0 radical (unpaired) electrons. The zero-order valence-corrected chi connectivity index (χ0v) is 12.3. The molecule has 100 valence electrons. The SMILES string of the molecule is C[N+]1(C)CC2C3C=CC(C2C1)C1C[N+](C)(C)CC31. The van der Waals surface area contributed by atoms with Gasteiger partial charge in [0, 0.05) is 23.7 Å². The van der Waals surface area contributed by atoms with Gasteiger partial charge in [0.15, 0.2) is 0 Å². The lowest BCUT2D eigenvalue weighted by Gasteiger charge is -2.45. The maximum atomic E-state index is 2.61. The molecule has 4 unspecified atom stereocenters. The first-order valence-corrected chi connectivity index (χ1v) is 7.69. The number of allylic oxidation sites excluding steroid dienone is 2. The smallest absolute Gasteiger partial charge is 0.0822 e. The van der Waals surface area contributed by atoms with Gasteiger partial charge in [0.1, 0.15) is 0 Å². The van der Waals surface area contributed by atoms with Crippen LogP contribution in [0.25, 0.3) is 0 Å². The molecule has 2 nitrogen and oxygen atoms in total. The third kappa shape index (κ3) is 1.42. The number of hydrogen-bond donors (Lipinski definition) is 0. The Bertz CT molecular complexity index is 343. The molecule has 0 N–H and O–H groups in total. The second-order valence-electron chi connectivity index (χ2n) is 8.80. The molecule has 2 aliphatic heterocycles. The molecular weight excluding hydrogens is 220 g/mol. The van der Waals surface area contributed by atoms with Crippen molar-refractivity contribution in [2.24, 2.45) is 35.5 Å². The second-order valence-corrected chi connectivity index (χ2v) is 8.80. The number of rotatable bonds is 0. The number of nitrogens with zero attached hydrogens (tertiary/aromatic N) is 2. The Morgan fingerprint density at radius 3 is 1.17 bits per heavy atom. The van der Waals surface area contributed by atoms with E-state index in [1.54, 1.807) is 0 Å². The van der Waals surface area contributed by atoms with E-state index in [0.29, 0.717) is 0 Å². The van der Waals surface area contributed by atoms with Gasteiger partial charge in [-0.25, -0.2) is 0 Å². The van der Waals surface area contributed by atoms with Gasteiger partial charge in [-0.3, -0.25) is 0 Å². The van der Waals surface area contributed by atoms with Crippen LogP contribution < -0.4 is 0 Å². The molecule has 2 bridgehead atoms. The maximum absolute atomic E-state index is 2.61. The molecule has 2 saturated heterocycles. The van der Waals surface area contributed by atoms with Gasteiger partial charge in [-0.1, -0.05) is 12.2 Å². The highest BCUT2D eigenvalue weighted by molar-refractivity contribution is 5.17. The van der Waals surface area contributed by atoms with Crippen LogP contribution in [0, 0.1) is 35.5 Å². The topological polar surface area (TPSA) is 0 Å². The lowest BCUT2D eigenvalue weighted by molar-refractivity contribution is -0.883. The van der Waals surface area contributed by atoms with E-state index in [9.17, 15) is 0 Å². The first kappa shape index (κ1) is 11.5. The summed E-state index contributed by atoms with van der Waals surface area (Å²) < 4.78 is 2.53. The van der Waals surface area contributed by atoms with Crippen LogP contribution in [0.2, 0.25) is 0 Å². The standard InChI is InChI=1S/C16H28N2/c1-17(2)7-13-11-5-6-12(14(13)8-17)16-10-18(3,4)9-15(11)16/h5-6,11-16H,7-10H2,1-4H3/q+2. The summed E-state index contributed by atoms with van der Waals surface area (Å²) in [6, 6.07) is 0. The molecule has 2 heterocycles. The van der Waals surface area contributed by atoms with Crippen LogP contribution in [-0.2, 0) is 0 Å². The first-order valence-electron chi connectivity index (χ1n) is 7.69. The van der Waals surface area contributed by atoms with E-state index in [2.05, 4.69) is 40.3 Å². The Labute approximate surface area is 111 Å². The van der Waals surface area contributed by atoms with Crippen molar-refractivity contribution < 1.29 is 8.97 Å². The van der Waals surface area contributed by atoms with Gasteiger partial charge in [0.2, 0.25) is 0 Å². The van der Waals surface area contributed by atoms with E-state index in [1.807, 2.05) is 0 Å². The van der Waals surface area contributed by atoms with Crippen molar-refractivity contribution in [3.05, 3.63) is 12.2 Å². The molecule has 1 saturated carbocycles. The van der Waals surface area contributed by atoms with Crippen LogP contribution in [0.5, 0.6) is 0 Å². The molecule has 3 fully saturated rings. The molecule has 3 aliphatic carbocycles. The van der Waals surface area contributed by atoms with Gasteiger partial charge >= 0.3 is 0 Å². The highest BCUT2D eigenvalue weighted by Gasteiger charge is 2.62. The molecule has 4 atom stereocenters. The summed E-state index contributed by atoms with van der Waals surface area (Å²) in [6.45, 7) is 5.69. The van der Waals surface area contributed by atoms with Crippen LogP contribution >= 0.6 is 0 Å². The van der Waals surface area contributed by atoms with Gasteiger partial charge < -0.3 is 8.97 Å². The third-order valence-electron chi connectivity index (χ3n) is 6.45. The summed E-state index contributed by atoms with van der Waals surface area (Å²) in [5, 5.41) is 0. The fraction of sp³-hybridized carbons (Fsp3) is 0.875. The van der Waals surface area contributed by atoms with E-state index < -0.39 is 0 Å². The predicted octanol–water partition coefficient (Wildman–Crippen LogP) is 1.45. The van der Waals surface area contributed by atoms with Crippen molar-refractivity contribution in [3.63, 3.8) is 0 Å². The van der Waals surface area contributed by atoms with Crippen LogP contribution in [-0.4, -0.2) is 63.3 Å². The van der Waals surface area contributed by atoms with E-state index in [1.165, 1.54) is 35.1 Å². The average Bonchev–Trinajstić information content (AvgIpc) is 2.72. The van der Waals surface area contributed by atoms with E-state index >= 15 is 0 Å². The minimum Gasteiger partial charge on any atom is -0.328 e. The summed E-state index contributed by atoms with van der Waals surface area (Å²) in [7, 11) is 9.75. The molecule has 0 spiro atoms. The molecular formula is C16H28N2+2. The minimum atomic E-state index is 0.907. The number of likely N-dealkylation sites (tertiary alicyclic amines) is 2. The van der Waals surface area contributed by atoms with Crippen molar-refractivity contribution in [1.29, 1.82) is 0 Å². The Balaban J connectivity index is 1.70. The quantitative estimate of drug-likeness (QED) is 0.450. The zero-order chi connectivity index (χ0) is 12.7. The molecule has 0 amide bonds. The van der Waals surface area contributed by atoms with Crippen molar-refractivity contribution in [3.8, 4) is 0 Å². The van der Waals surface area contributed by atoms with Gasteiger partial charge in [0.05, 0.1) is 54.4 Å². The fourth-order valence-electron chi connectivity index (χ4n) is 6.06. The molecule has 18 heavy (non-hydrogen) atoms. The van der Waals surface area contributed by atoms with E-state index in [0.717, 1.165) is 35.5 Å². The van der Waals surface area contributed by atoms with Crippen LogP contribution in [0.4, 0.5) is 0 Å². The van der Waals surface area contributed by atoms with Gasteiger partial charge in [0.25, 0.3) is 0 Å². The lowest BCUT2D eigenvalue weighted by atomic mass is 9.55. The Hall–Kier alpha value is -0.340. The summed E-state index contributed by atoms with van der Waals surface area (Å²) in [6.07, 6.45) is 5.23. The van der Waals surface area contributed by atoms with Crippen LogP contribution in [0.3, 0.4) is 0 Å². The van der Waals surface area contributed by atoms with Crippen molar-refractivity contribution >= 4 is 0 Å². The van der Waals surface area contributed by atoms with Gasteiger partial charge in [-0.2, -0.15) is 0 Å².